The highest BCUT2D eigenvalue weighted by Crippen LogP contribution is 2.41. The molecule has 14 heavy (non-hydrogen) atoms. The predicted molar refractivity (Wildman–Crippen MR) is 67.2 cm³/mol. The topological polar surface area (TPSA) is 0 Å². The van der Waals surface area contributed by atoms with Gasteiger partial charge in [-0.25, -0.2) is 0 Å². The predicted octanol–water partition coefficient (Wildman–Crippen LogP) is 3.92. The summed E-state index contributed by atoms with van der Waals surface area (Å²) in [6, 6.07) is 0. The van der Waals surface area contributed by atoms with Crippen LogP contribution in [0.15, 0.2) is 0 Å². The largest absolute Gasteiger partial charge is 0.0999 e. The van der Waals surface area contributed by atoms with E-state index in [1.165, 1.54) is 44.9 Å². The fraction of sp³-hybridized carbons (Fsp3) is 1.00. The van der Waals surface area contributed by atoms with Crippen LogP contribution >= 0.6 is 0 Å². The molecule has 1 saturated carbocycles. The average molecular weight is 190 g/mol. The third-order valence-corrected chi connectivity index (χ3v) is 3.75. The maximum Gasteiger partial charge on any atom is 0.0730 e. The lowest BCUT2D eigenvalue weighted by Crippen LogP contribution is -2.27. The molecule has 0 amide bonds. The number of rotatable bonds is 3. The zero-order valence-electron chi connectivity index (χ0n) is 10.2. The summed E-state index contributed by atoms with van der Waals surface area (Å²) in [6.07, 6.45) is 10.2. The summed E-state index contributed by atoms with van der Waals surface area (Å²) in [5.41, 5.74) is 0. The first-order chi connectivity index (χ1) is 6.67. The van der Waals surface area contributed by atoms with E-state index in [0.29, 0.717) is 5.31 Å². The molecule has 0 unspecified atom stereocenters. The molecule has 0 aliphatic heterocycles. The average Bonchev–Trinajstić information content (AvgIpc) is 2.01. The minimum atomic E-state index is 0.423. The van der Waals surface area contributed by atoms with E-state index in [-0.39, 0.29) is 0 Å². The van der Waals surface area contributed by atoms with Crippen LogP contribution in [0.25, 0.3) is 0 Å². The van der Waals surface area contributed by atoms with Crippen molar-refractivity contribution in [3.63, 3.8) is 0 Å². The number of hydrogen-bond acceptors (Lipinski definition) is 0. The molecule has 2 radical (unpaired) electrons. The zero-order valence-corrected chi connectivity index (χ0v) is 10.2. The summed E-state index contributed by atoms with van der Waals surface area (Å²) in [6.45, 7) is 6.95. The molecule has 0 nitrogen and oxygen atoms in total. The van der Waals surface area contributed by atoms with Crippen molar-refractivity contribution < 1.29 is 0 Å². The molecule has 0 aromatic rings. The lowest BCUT2D eigenvalue weighted by atomic mass is 9.28. The van der Waals surface area contributed by atoms with Gasteiger partial charge in [-0.3, -0.25) is 0 Å². The van der Waals surface area contributed by atoms with E-state index in [1.54, 1.807) is 0 Å². The van der Waals surface area contributed by atoms with Gasteiger partial charge in [-0.15, -0.1) is 0 Å². The molecule has 0 aromatic heterocycles. The van der Waals surface area contributed by atoms with Gasteiger partial charge in [0.1, 0.15) is 0 Å². The van der Waals surface area contributed by atoms with E-state index in [2.05, 4.69) is 35.0 Å². The van der Waals surface area contributed by atoms with Gasteiger partial charge in [-0.1, -0.05) is 70.9 Å². The second kappa shape index (κ2) is 5.88. The van der Waals surface area contributed by atoms with Gasteiger partial charge in [0.15, 0.2) is 0 Å². The van der Waals surface area contributed by atoms with Gasteiger partial charge in [-0.05, 0) is 5.92 Å². The Kier molecular flexibility index (Phi) is 5.12. The van der Waals surface area contributed by atoms with Crippen LogP contribution < -0.4 is 0 Å². The Morgan fingerprint density at radius 1 is 0.929 bits per heavy atom. The highest BCUT2D eigenvalue weighted by Gasteiger charge is 2.28. The molecule has 0 spiro atoms. The van der Waals surface area contributed by atoms with Crippen LogP contribution in [-0.4, -0.2) is 14.3 Å². The molecule has 1 fully saturated rings. The summed E-state index contributed by atoms with van der Waals surface area (Å²) in [4.78, 5) is 0. The van der Waals surface area contributed by atoms with E-state index < -0.39 is 0 Å². The quantitative estimate of drug-likeness (QED) is 0.591. The SMILES string of the molecule is C[B][B]C(C)(C)C1CCCCCCC1. The van der Waals surface area contributed by atoms with E-state index in [4.69, 9.17) is 0 Å². The fourth-order valence-corrected chi connectivity index (χ4v) is 2.77. The molecule has 0 aromatic carbocycles. The van der Waals surface area contributed by atoms with Crippen molar-refractivity contribution in [2.45, 2.75) is 70.9 Å². The minimum absolute atomic E-state index is 0.423. The molecule has 0 N–H and O–H groups in total. The highest BCUT2D eigenvalue weighted by molar-refractivity contribution is 7.01. The van der Waals surface area contributed by atoms with E-state index in [9.17, 15) is 0 Å². The molecule has 0 heterocycles. The van der Waals surface area contributed by atoms with Crippen LogP contribution in [0.4, 0.5) is 0 Å². The lowest BCUT2D eigenvalue weighted by Gasteiger charge is -2.35. The van der Waals surface area contributed by atoms with E-state index in [1.807, 2.05) is 0 Å². The van der Waals surface area contributed by atoms with Crippen molar-refractivity contribution in [1.29, 1.82) is 0 Å². The highest BCUT2D eigenvalue weighted by atomic mass is 14.3. The second-order valence-electron chi connectivity index (χ2n) is 5.36. The van der Waals surface area contributed by atoms with Crippen LogP contribution in [0.2, 0.25) is 12.1 Å². The lowest BCUT2D eigenvalue weighted by molar-refractivity contribution is 0.310. The maximum absolute atomic E-state index is 2.40. The fourth-order valence-electron chi connectivity index (χ4n) is 2.77. The minimum Gasteiger partial charge on any atom is -0.0999 e. The van der Waals surface area contributed by atoms with Crippen molar-refractivity contribution in [3.05, 3.63) is 0 Å². The van der Waals surface area contributed by atoms with Crippen LogP contribution in [0.3, 0.4) is 0 Å². The Labute approximate surface area is 91.7 Å². The van der Waals surface area contributed by atoms with Crippen molar-refractivity contribution in [1.82, 2.24) is 0 Å². The first-order valence-corrected chi connectivity index (χ1v) is 6.30. The molecule has 1 aliphatic rings. The molecule has 0 saturated heterocycles. The molecular weight excluding hydrogens is 166 g/mol. The Balaban J connectivity index is 2.45. The van der Waals surface area contributed by atoms with Gasteiger partial charge in [0.25, 0.3) is 0 Å². The summed E-state index contributed by atoms with van der Waals surface area (Å²) >= 11 is 0. The van der Waals surface area contributed by atoms with Crippen LogP contribution in [0.1, 0.15) is 58.8 Å². The van der Waals surface area contributed by atoms with Crippen molar-refractivity contribution in [2.75, 3.05) is 0 Å². The van der Waals surface area contributed by atoms with Crippen LogP contribution in [0, 0.1) is 5.92 Å². The molecule has 1 rings (SSSR count). The molecular formula is C12H24B2. The standard InChI is InChI=1S/C12H24B2/c1-12(2,14-13-3)11-9-7-5-4-6-8-10-11/h11H,4-10H2,1-3H3. The molecule has 1 aliphatic carbocycles. The van der Waals surface area contributed by atoms with Gasteiger partial charge in [0, 0.05) is 0 Å². The molecule has 2 heteroatoms. The Morgan fingerprint density at radius 3 is 1.93 bits per heavy atom. The normalized spacial score (nSPS) is 21.1. The van der Waals surface area contributed by atoms with Gasteiger partial charge < -0.3 is 0 Å². The summed E-state index contributed by atoms with van der Waals surface area (Å²) in [5.74, 6) is 0.916. The van der Waals surface area contributed by atoms with E-state index >= 15 is 0 Å². The van der Waals surface area contributed by atoms with Gasteiger partial charge >= 0.3 is 0 Å². The number of hydrogen-bond donors (Lipinski definition) is 0. The Bertz CT molecular complexity index is 146. The maximum atomic E-state index is 2.40. The Morgan fingerprint density at radius 2 is 1.43 bits per heavy atom. The summed E-state index contributed by atoms with van der Waals surface area (Å²) < 4.78 is 0. The first-order valence-electron chi connectivity index (χ1n) is 6.30. The van der Waals surface area contributed by atoms with Crippen molar-refractivity contribution in [2.24, 2.45) is 5.92 Å². The van der Waals surface area contributed by atoms with Crippen molar-refractivity contribution in [3.8, 4) is 0 Å². The third kappa shape index (κ3) is 3.71. The molecule has 0 bridgehead atoms. The summed E-state index contributed by atoms with van der Waals surface area (Å²) in [7, 11) is 4.62. The van der Waals surface area contributed by atoms with Gasteiger partial charge in [0.05, 0.1) is 14.3 Å². The van der Waals surface area contributed by atoms with Crippen molar-refractivity contribution >= 4 is 14.3 Å². The smallest absolute Gasteiger partial charge is 0.0730 e. The zero-order chi connectivity index (χ0) is 10.4. The molecule has 78 valence electrons. The van der Waals surface area contributed by atoms with Gasteiger partial charge in [-0.2, -0.15) is 0 Å². The second-order valence-corrected chi connectivity index (χ2v) is 5.36. The summed E-state index contributed by atoms with van der Waals surface area (Å²) in [5, 5.41) is 0.423. The van der Waals surface area contributed by atoms with Crippen LogP contribution in [-0.2, 0) is 0 Å². The van der Waals surface area contributed by atoms with Crippen LogP contribution in [0.5, 0.6) is 0 Å². The Hall–Kier alpha value is 0.130. The molecule has 0 atom stereocenters. The first kappa shape index (κ1) is 12.2. The van der Waals surface area contributed by atoms with Gasteiger partial charge in [0.2, 0.25) is 0 Å². The monoisotopic (exact) mass is 190 g/mol. The third-order valence-electron chi connectivity index (χ3n) is 3.75. The van der Waals surface area contributed by atoms with E-state index in [0.717, 1.165) is 5.92 Å².